The Morgan fingerprint density at radius 2 is 1.43 bits per heavy atom. The second-order valence-corrected chi connectivity index (χ2v) is 4.36. The molecule has 23 heavy (non-hydrogen) atoms. The fourth-order valence-electron chi connectivity index (χ4n) is 2.32. The van der Waals surface area contributed by atoms with Crippen LogP contribution in [-0.2, 0) is 32.3 Å². The average molecular weight is 508 g/mol. The summed E-state index contributed by atoms with van der Waals surface area (Å²) in [6.07, 6.45) is 1.05. The van der Waals surface area contributed by atoms with Gasteiger partial charge in [0, 0.05) is 0 Å². The third kappa shape index (κ3) is 6.55. The van der Waals surface area contributed by atoms with Crippen LogP contribution in [0.1, 0.15) is 11.1 Å². The van der Waals surface area contributed by atoms with Crippen molar-refractivity contribution in [3.63, 3.8) is 0 Å². The molecule has 0 aromatic heterocycles. The molecule has 116 valence electrons. The quantitative estimate of drug-likeness (QED) is 0.167. The van der Waals surface area contributed by atoms with Crippen LogP contribution < -0.4 is 24.8 Å². The predicted octanol–water partition coefficient (Wildman–Crippen LogP) is -0.729. The number of benzene rings is 2. The second kappa shape index (κ2) is 13.4. The van der Waals surface area contributed by atoms with Crippen molar-refractivity contribution in [2.24, 2.45) is 0 Å². The third-order valence-electron chi connectivity index (χ3n) is 3.17. The monoisotopic (exact) mass is 508 g/mol. The SMILES string of the molecule is C=C.[Cl-].[Cl-].[Hf+4].[c-]1cccc2c1Cc1ccccc1-2.c1cc[cH-]c1. The summed E-state index contributed by atoms with van der Waals surface area (Å²) < 4.78 is 0. The van der Waals surface area contributed by atoms with Crippen LogP contribution in [-0.4, -0.2) is 0 Å². The smallest absolute Gasteiger partial charge is 1.00 e. The van der Waals surface area contributed by atoms with Gasteiger partial charge >= 0.3 is 25.8 Å². The number of fused-ring (bicyclic) bond motifs is 3. The van der Waals surface area contributed by atoms with E-state index in [4.69, 9.17) is 0 Å². The minimum Gasteiger partial charge on any atom is -1.00 e. The predicted molar refractivity (Wildman–Crippen MR) is 86.8 cm³/mol. The van der Waals surface area contributed by atoms with Crippen LogP contribution in [0, 0.1) is 6.07 Å². The maximum absolute atomic E-state index is 3.30. The van der Waals surface area contributed by atoms with E-state index in [1.165, 1.54) is 22.3 Å². The summed E-state index contributed by atoms with van der Waals surface area (Å²) in [6, 6.07) is 28.1. The first kappa shape index (κ1) is 24.2. The number of hydrogen-bond acceptors (Lipinski definition) is 0. The Bertz CT molecular complexity index is 588. The van der Waals surface area contributed by atoms with E-state index < -0.39 is 0 Å². The fourth-order valence-corrected chi connectivity index (χ4v) is 2.32. The molecule has 0 unspecified atom stereocenters. The van der Waals surface area contributed by atoms with Gasteiger partial charge in [-0.15, -0.1) is 18.7 Å². The summed E-state index contributed by atoms with van der Waals surface area (Å²) in [4.78, 5) is 0. The van der Waals surface area contributed by atoms with Gasteiger partial charge in [0.25, 0.3) is 0 Å². The van der Waals surface area contributed by atoms with Crippen molar-refractivity contribution in [1.29, 1.82) is 0 Å². The molecule has 3 heteroatoms. The van der Waals surface area contributed by atoms with Crippen molar-refractivity contribution in [3.05, 3.63) is 103 Å². The van der Waals surface area contributed by atoms with Gasteiger partial charge in [0.2, 0.25) is 0 Å². The van der Waals surface area contributed by atoms with Gasteiger partial charge < -0.3 is 24.8 Å². The van der Waals surface area contributed by atoms with Crippen LogP contribution in [0.15, 0.2) is 86.0 Å². The van der Waals surface area contributed by atoms with Gasteiger partial charge in [-0.1, -0.05) is 35.4 Å². The Morgan fingerprint density at radius 1 is 0.826 bits per heavy atom. The van der Waals surface area contributed by atoms with Gasteiger partial charge in [-0.05, 0) is 6.42 Å². The summed E-state index contributed by atoms with van der Waals surface area (Å²) in [6.45, 7) is 6.00. The minimum atomic E-state index is 0. The van der Waals surface area contributed by atoms with Crippen molar-refractivity contribution in [2.45, 2.75) is 6.42 Å². The van der Waals surface area contributed by atoms with E-state index >= 15 is 0 Å². The summed E-state index contributed by atoms with van der Waals surface area (Å²) in [5, 5.41) is 0. The Labute approximate surface area is 170 Å². The molecule has 0 aliphatic heterocycles. The van der Waals surface area contributed by atoms with Crippen LogP contribution in [0.5, 0.6) is 0 Å². The summed E-state index contributed by atoms with van der Waals surface area (Å²) in [5.41, 5.74) is 5.51. The maximum Gasteiger partial charge on any atom is 4.00 e. The number of halogens is 2. The van der Waals surface area contributed by atoms with Crippen LogP contribution in [0.4, 0.5) is 0 Å². The van der Waals surface area contributed by atoms with Gasteiger partial charge in [0.05, 0.1) is 0 Å². The first-order valence-electron chi connectivity index (χ1n) is 6.70. The van der Waals surface area contributed by atoms with Gasteiger partial charge in [-0.25, -0.2) is 12.1 Å². The van der Waals surface area contributed by atoms with E-state index in [-0.39, 0.29) is 50.7 Å². The third-order valence-corrected chi connectivity index (χ3v) is 3.17. The normalized spacial score (nSPS) is 8.87. The second-order valence-electron chi connectivity index (χ2n) is 4.36. The van der Waals surface area contributed by atoms with Crippen molar-refractivity contribution >= 4 is 0 Å². The molecule has 3 aromatic carbocycles. The van der Waals surface area contributed by atoms with E-state index in [1.54, 1.807) is 0 Å². The molecule has 0 atom stereocenters. The zero-order valence-electron chi connectivity index (χ0n) is 12.8. The van der Waals surface area contributed by atoms with E-state index in [2.05, 4.69) is 55.6 Å². The zero-order chi connectivity index (χ0) is 14.2. The van der Waals surface area contributed by atoms with E-state index in [0.29, 0.717) is 0 Å². The summed E-state index contributed by atoms with van der Waals surface area (Å²) in [5.74, 6) is 0. The van der Waals surface area contributed by atoms with Gasteiger partial charge in [0.15, 0.2) is 0 Å². The van der Waals surface area contributed by atoms with E-state index in [0.717, 1.165) is 6.42 Å². The minimum absolute atomic E-state index is 0. The molecule has 0 heterocycles. The van der Waals surface area contributed by atoms with Gasteiger partial charge in [0.1, 0.15) is 0 Å². The molecule has 4 rings (SSSR count). The van der Waals surface area contributed by atoms with Crippen molar-refractivity contribution in [1.82, 2.24) is 0 Å². The molecule has 0 radical (unpaired) electrons. The molecule has 0 saturated carbocycles. The Kier molecular flexibility index (Phi) is 14.1. The van der Waals surface area contributed by atoms with Crippen LogP contribution >= 0.6 is 0 Å². The number of hydrogen-bond donors (Lipinski definition) is 0. The Hall–Kier alpha value is -1.02. The molecule has 0 spiro atoms. The molecule has 0 fully saturated rings. The zero-order valence-corrected chi connectivity index (χ0v) is 17.9. The molecule has 0 saturated heterocycles. The molecule has 0 nitrogen and oxygen atoms in total. The standard InChI is InChI=1S/C13H9.C5H5.C2H4.2ClH.Hf/c1-3-7-12-10(5-1)9-11-6-2-4-8-13(11)12;1-2-4-5-3-1;1-2;;;/h1-5,7-8H,9H2;1-5H;1-2H2;2*1H;/q2*-1;;;;+4/p-2. The van der Waals surface area contributed by atoms with E-state index in [1.807, 2.05) is 36.4 Å². The molecular formula is C20H18Cl2Hf. The average Bonchev–Trinajstić information content (AvgIpc) is 3.20. The maximum atomic E-state index is 3.30. The molecule has 3 aromatic rings. The van der Waals surface area contributed by atoms with Crippen molar-refractivity contribution in [2.75, 3.05) is 0 Å². The molecule has 1 aliphatic carbocycles. The molecule has 0 N–H and O–H groups in total. The Morgan fingerprint density at radius 3 is 2.04 bits per heavy atom. The van der Waals surface area contributed by atoms with Crippen LogP contribution in [0.2, 0.25) is 0 Å². The molecule has 1 aliphatic rings. The molecule has 0 bridgehead atoms. The summed E-state index contributed by atoms with van der Waals surface area (Å²) >= 11 is 0. The van der Waals surface area contributed by atoms with Crippen LogP contribution in [0.25, 0.3) is 11.1 Å². The van der Waals surface area contributed by atoms with E-state index in [9.17, 15) is 0 Å². The first-order chi connectivity index (χ1) is 9.95. The van der Waals surface area contributed by atoms with Gasteiger partial charge in [-0.2, -0.15) is 48.0 Å². The van der Waals surface area contributed by atoms with Crippen molar-refractivity contribution in [3.8, 4) is 11.1 Å². The first-order valence-corrected chi connectivity index (χ1v) is 6.70. The van der Waals surface area contributed by atoms with Crippen LogP contribution in [0.3, 0.4) is 0 Å². The van der Waals surface area contributed by atoms with Crippen molar-refractivity contribution < 1.29 is 50.7 Å². The summed E-state index contributed by atoms with van der Waals surface area (Å²) in [7, 11) is 0. The van der Waals surface area contributed by atoms with Gasteiger partial charge in [-0.3, -0.25) is 0 Å². The Balaban J connectivity index is 0. The topological polar surface area (TPSA) is 0 Å². The fraction of sp³-hybridized carbons (Fsp3) is 0.0500. The molecular weight excluding hydrogens is 490 g/mol. The number of rotatable bonds is 0. The molecule has 0 amide bonds. The largest absolute Gasteiger partial charge is 4.00 e.